The minimum atomic E-state index is 0.554. The maximum Gasteiger partial charge on any atom is 0.0346 e. The Labute approximate surface area is 134 Å². The van der Waals surface area contributed by atoms with Gasteiger partial charge in [-0.15, -0.1) is 0 Å². The Morgan fingerprint density at radius 1 is 0.905 bits per heavy atom. The zero-order chi connectivity index (χ0) is 15.8. The molecule has 0 aliphatic carbocycles. The maximum atomic E-state index is 10.1. The zero-order valence-electron chi connectivity index (χ0n) is 14.0. The number of rotatable bonds is 9. The van der Waals surface area contributed by atoms with Crippen LogP contribution >= 0.6 is 12.0 Å². The van der Waals surface area contributed by atoms with Crippen LogP contribution in [-0.4, -0.2) is 0 Å². The molecule has 0 N–H and O–H groups in total. The lowest BCUT2D eigenvalue weighted by molar-refractivity contribution is -0.630. The molecule has 3 heteroatoms. The second-order valence-corrected chi connectivity index (χ2v) is 7.71. The van der Waals surface area contributed by atoms with Gasteiger partial charge in [0.2, 0.25) is 0 Å². The van der Waals surface area contributed by atoms with Gasteiger partial charge in [-0.1, -0.05) is 46.8 Å². The van der Waals surface area contributed by atoms with Gasteiger partial charge in [0.25, 0.3) is 0 Å². The normalized spacial score (nSPS) is 16.0. The summed E-state index contributed by atoms with van der Waals surface area (Å²) in [6.45, 7) is 11.6. The number of hydrogen-bond donors (Lipinski definition) is 0. The summed E-state index contributed by atoms with van der Waals surface area (Å²) in [6, 6.07) is 8.13. The van der Waals surface area contributed by atoms with Gasteiger partial charge in [-0.2, -0.15) is 0 Å². The van der Waals surface area contributed by atoms with Gasteiger partial charge in [0.1, 0.15) is 0 Å². The summed E-state index contributed by atoms with van der Waals surface area (Å²) in [5, 5.41) is 10.1. The predicted molar refractivity (Wildman–Crippen MR) is 88.8 cm³/mol. The predicted octanol–water partition coefficient (Wildman–Crippen LogP) is 5.19. The van der Waals surface area contributed by atoms with Gasteiger partial charge >= 0.3 is 0 Å². The highest BCUT2D eigenvalue weighted by Gasteiger charge is 2.14. The van der Waals surface area contributed by atoms with Gasteiger partial charge in [-0.25, -0.2) is 0 Å². The van der Waals surface area contributed by atoms with E-state index in [9.17, 15) is 5.26 Å². The monoisotopic (exact) mass is 309 g/mol. The SMILES string of the molecule is CC(C)CC(C)CC(C)CC(C)c1ccc(SO[O-])cc1. The molecule has 21 heavy (non-hydrogen) atoms. The molecule has 120 valence electrons. The van der Waals surface area contributed by atoms with Crippen LogP contribution in [0.5, 0.6) is 0 Å². The van der Waals surface area contributed by atoms with Crippen molar-refractivity contribution in [2.75, 3.05) is 0 Å². The molecule has 0 aliphatic rings. The number of benzene rings is 1. The fraction of sp³-hybridized carbons (Fsp3) is 0.667. The Morgan fingerprint density at radius 2 is 1.48 bits per heavy atom. The third-order valence-electron chi connectivity index (χ3n) is 4.01. The van der Waals surface area contributed by atoms with Crippen LogP contribution in [0.1, 0.15) is 65.4 Å². The van der Waals surface area contributed by atoms with E-state index in [1.165, 1.54) is 24.8 Å². The molecule has 0 heterocycles. The molecule has 0 fully saturated rings. The van der Waals surface area contributed by atoms with Crippen LogP contribution < -0.4 is 5.26 Å². The molecular weight excluding hydrogens is 280 g/mol. The van der Waals surface area contributed by atoms with Crippen LogP contribution in [0.3, 0.4) is 0 Å². The average Bonchev–Trinajstić information content (AvgIpc) is 2.38. The summed E-state index contributed by atoms with van der Waals surface area (Å²) in [5.74, 6) is 2.89. The largest absolute Gasteiger partial charge is 0.710 e. The topological polar surface area (TPSA) is 32.3 Å². The summed E-state index contributed by atoms with van der Waals surface area (Å²) in [4.78, 5) is 0.861. The lowest BCUT2D eigenvalue weighted by Crippen LogP contribution is -2.09. The molecular formula is C18H29O2S-. The van der Waals surface area contributed by atoms with Crippen molar-refractivity contribution in [2.24, 2.45) is 17.8 Å². The maximum absolute atomic E-state index is 10.1. The molecule has 0 saturated carbocycles. The Morgan fingerprint density at radius 3 is 2.00 bits per heavy atom. The van der Waals surface area contributed by atoms with E-state index in [-0.39, 0.29) is 0 Å². The van der Waals surface area contributed by atoms with Crippen molar-refractivity contribution in [1.82, 2.24) is 0 Å². The second kappa shape index (κ2) is 9.50. The van der Waals surface area contributed by atoms with Crippen molar-refractivity contribution in [2.45, 2.75) is 64.7 Å². The molecule has 1 aromatic carbocycles. The van der Waals surface area contributed by atoms with E-state index < -0.39 is 0 Å². The quantitative estimate of drug-likeness (QED) is 0.357. The highest BCUT2D eigenvalue weighted by molar-refractivity contribution is 7.94. The molecule has 0 bridgehead atoms. The van der Waals surface area contributed by atoms with Crippen LogP contribution in [0.25, 0.3) is 0 Å². The first-order chi connectivity index (χ1) is 9.92. The zero-order valence-corrected chi connectivity index (χ0v) is 14.8. The van der Waals surface area contributed by atoms with Crippen molar-refractivity contribution in [1.29, 1.82) is 0 Å². The van der Waals surface area contributed by atoms with Crippen molar-refractivity contribution < 1.29 is 9.59 Å². The molecule has 0 aromatic heterocycles. The second-order valence-electron chi connectivity index (χ2n) is 6.93. The Bertz CT molecular complexity index is 389. The van der Waals surface area contributed by atoms with Crippen LogP contribution in [0.4, 0.5) is 0 Å². The summed E-state index contributed by atoms with van der Waals surface area (Å²) in [7, 11) is 0. The summed E-state index contributed by atoms with van der Waals surface area (Å²) >= 11 is 0.868. The van der Waals surface area contributed by atoms with E-state index >= 15 is 0 Å². The van der Waals surface area contributed by atoms with Crippen LogP contribution in [0, 0.1) is 17.8 Å². The highest BCUT2D eigenvalue weighted by Crippen LogP contribution is 2.29. The minimum Gasteiger partial charge on any atom is -0.710 e. The van der Waals surface area contributed by atoms with E-state index in [4.69, 9.17) is 0 Å². The summed E-state index contributed by atoms with van der Waals surface area (Å²) in [5.41, 5.74) is 1.34. The Kier molecular flexibility index (Phi) is 8.38. The summed E-state index contributed by atoms with van der Waals surface area (Å²) < 4.78 is 3.83. The first kappa shape index (κ1) is 18.5. The van der Waals surface area contributed by atoms with Crippen molar-refractivity contribution in [3.05, 3.63) is 29.8 Å². The van der Waals surface area contributed by atoms with Crippen molar-refractivity contribution >= 4 is 12.0 Å². The summed E-state index contributed by atoms with van der Waals surface area (Å²) in [6.07, 6.45) is 3.84. The lowest BCUT2D eigenvalue weighted by Gasteiger charge is -2.22. The molecule has 1 rings (SSSR count). The Balaban J connectivity index is 2.46. The van der Waals surface area contributed by atoms with Crippen molar-refractivity contribution in [3.8, 4) is 0 Å². The van der Waals surface area contributed by atoms with Gasteiger partial charge in [0.05, 0.1) is 0 Å². The third kappa shape index (κ3) is 7.35. The van der Waals surface area contributed by atoms with E-state index in [1.807, 2.05) is 12.1 Å². The van der Waals surface area contributed by atoms with Crippen LogP contribution in [-0.2, 0) is 4.33 Å². The molecule has 3 unspecified atom stereocenters. The highest BCUT2D eigenvalue weighted by atomic mass is 32.2. The van der Waals surface area contributed by atoms with E-state index in [0.717, 1.165) is 34.7 Å². The molecule has 3 atom stereocenters. The molecule has 0 spiro atoms. The van der Waals surface area contributed by atoms with Crippen LogP contribution in [0.15, 0.2) is 29.2 Å². The van der Waals surface area contributed by atoms with Gasteiger partial charge in [-0.3, -0.25) is 0 Å². The van der Waals surface area contributed by atoms with Gasteiger partial charge in [-0.05, 0) is 60.6 Å². The minimum absolute atomic E-state index is 0.554. The molecule has 1 aromatic rings. The molecule has 0 aliphatic heterocycles. The van der Waals surface area contributed by atoms with E-state index in [0.29, 0.717) is 5.92 Å². The first-order valence-corrected chi connectivity index (χ1v) is 8.73. The van der Waals surface area contributed by atoms with Crippen molar-refractivity contribution in [3.63, 3.8) is 0 Å². The standard InChI is InChI=1S/C18H30O2S/c1-13(2)10-14(3)11-15(4)12-16(5)17-6-8-18(9-7-17)21-20-19/h6-9,13-16,19H,10-12H2,1-5H3/p-1. The lowest BCUT2D eigenvalue weighted by atomic mass is 9.84. The van der Waals surface area contributed by atoms with Gasteiger partial charge in [0, 0.05) is 16.9 Å². The third-order valence-corrected chi connectivity index (χ3v) is 4.55. The fourth-order valence-corrected chi connectivity index (χ4v) is 3.64. The first-order valence-electron chi connectivity index (χ1n) is 7.98. The van der Waals surface area contributed by atoms with E-state index in [1.54, 1.807) is 0 Å². The molecule has 0 saturated heterocycles. The van der Waals surface area contributed by atoms with Crippen LogP contribution in [0.2, 0.25) is 0 Å². The molecule has 0 radical (unpaired) electrons. The van der Waals surface area contributed by atoms with Gasteiger partial charge < -0.3 is 9.59 Å². The molecule has 2 nitrogen and oxygen atoms in total. The smallest absolute Gasteiger partial charge is 0.0346 e. The Hall–Kier alpha value is -0.510. The number of hydrogen-bond acceptors (Lipinski definition) is 3. The van der Waals surface area contributed by atoms with E-state index in [2.05, 4.69) is 51.1 Å². The molecule has 0 amide bonds. The van der Waals surface area contributed by atoms with Gasteiger partial charge in [0.15, 0.2) is 0 Å². The fourth-order valence-electron chi connectivity index (χ4n) is 3.31. The average molecular weight is 309 g/mol.